The molecular weight excluding hydrogens is 308 g/mol. The first-order chi connectivity index (χ1) is 9.98. The van der Waals surface area contributed by atoms with Crippen molar-refractivity contribution in [3.05, 3.63) is 64.7 Å². The molecule has 0 atom stereocenters. The lowest BCUT2D eigenvalue weighted by Gasteiger charge is -2.09. The first kappa shape index (κ1) is 15.8. The van der Waals surface area contributed by atoms with Crippen LogP contribution in [0.5, 0.6) is 0 Å². The van der Waals surface area contributed by atoms with Crippen LogP contribution >= 0.6 is 11.6 Å². The highest BCUT2D eigenvalue weighted by molar-refractivity contribution is 7.91. The number of anilines is 1. The average Bonchev–Trinajstić information content (AvgIpc) is 2.38. The maximum atomic E-state index is 12.2. The zero-order valence-electron chi connectivity index (χ0n) is 11.6. The van der Waals surface area contributed by atoms with Crippen LogP contribution in [0.15, 0.2) is 48.5 Å². The fourth-order valence-corrected chi connectivity index (χ4v) is 3.39. The molecule has 2 aromatic carbocycles. The van der Waals surface area contributed by atoms with E-state index in [9.17, 15) is 8.42 Å². The van der Waals surface area contributed by atoms with Gasteiger partial charge in [-0.3, -0.25) is 4.72 Å². The van der Waals surface area contributed by atoms with Gasteiger partial charge in [0.2, 0.25) is 10.0 Å². The third-order valence-electron chi connectivity index (χ3n) is 2.83. The molecule has 4 nitrogen and oxygen atoms in total. The summed E-state index contributed by atoms with van der Waals surface area (Å²) in [7, 11) is -1.61. The summed E-state index contributed by atoms with van der Waals surface area (Å²) in [6.07, 6.45) is 0. The summed E-state index contributed by atoms with van der Waals surface area (Å²) in [5, 5.41) is 3.53. The molecule has 112 valence electrons. The summed E-state index contributed by atoms with van der Waals surface area (Å²) in [6.45, 7) is 0.704. The first-order valence-electron chi connectivity index (χ1n) is 6.47. The first-order valence-corrected chi connectivity index (χ1v) is 8.50. The minimum atomic E-state index is -3.47. The molecule has 0 aliphatic heterocycles. The second-order valence-electron chi connectivity index (χ2n) is 4.72. The van der Waals surface area contributed by atoms with Crippen LogP contribution in [0.25, 0.3) is 0 Å². The van der Waals surface area contributed by atoms with Crippen LogP contribution in [-0.2, 0) is 22.3 Å². The Hall–Kier alpha value is -1.56. The number of benzene rings is 2. The van der Waals surface area contributed by atoms with Gasteiger partial charge in [0.05, 0.1) is 5.75 Å². The largest absolute Gasteiger partial charge is 0.316 e. The molecule has 0 fully saturated rings. The lowest BCUT2D eigenvalue weighted by molar-refractivity contribution is 0.600. The van der Waals surface area contributed by atoms with Gasteiger partial charge < -0.3 is 5.32 Å². The van der Waals surface area contributed by atoms with Crippen LogP contribution in [-0.4, -0.2) is 15.5 Å². The van der Waals surface area contributed by atoms with Gasteiger partial charge in [-0.25, -0.2) is 8.42 Å². The number of nitrogens with one attached hydrogen (secondary N) is 2. The second-order valence-corrected chi connectivity index (χ2v) is 6.88. The molecule has 0 amide bonds. The summed E-state index contributed by atoms with van der Waals surface area (Å²) in [4.78, 5) is 0. The Morgan fingerprint density at radius 2 is 1.76 bits per heavy atom. The number of sulfonamides is 1. The number of rotatable bonds is 6. The van der Waals surface area contributed by atoms with Gasteiger partial charge in [0, 0.05) is 17.3 Å². The Labute approximate surface area is 130 Å². The van der Waals surface area contributed by atoms with Crippen LogP contribution in [0.2, 0.25) is 5.02 Å². The van der Waals surface area contributed by atoms with Gasteiger partial charge in [-0.2, -0.15) is 0 Å². The molecule has 0 aliphatic rings. The van der Waals surface area contributed by atoms with E-state index in [4.69, 9.17) is 11.6 Å². The Morgan fingerprint density at radius 1 is 1.05 bits per heavy atom. The van der Waals surface area contributed by atoms with Gasteiger partial charge in [0.25, 0.3) is 0 Å². The standard InChI is InChI=1S/C15H17ClN2O2S/c1-17-10-12-4-2-5-13(8-12)11-21(19,20)18-15-7-3-6-14(16)9-15/h2-9,17-18H,10-11H2,1H3. The Bertz CT molecular complexity index is 717. The third-order valence-corrected chi connectivity index (χ3v) is 4.32. The van der Waals surface area contributed by atoms with E-state index in [1.54, 1.807) is 30.3 Å². The van der Waals surface area contributed by atoms with Gasteiger partial charge in [0.15, 0.2) is 0 Å². The number of hydrogen-bond donors (Lipinski definition) is 2. The summed E-state index contributed by atoms with van der Waals surface area (Å²) in [5.41, 5.74) is 2.26. The minimum Gasteiger partial charge on any atom is -0.316 e. The van der Waals surface area contributed by atoms with Crippen molar-refractivity contribution < 1.29 is 8.42 Å². The van der Waals surface area contributed by atoms with E-state index in [2.05, 4.69) is 10.0 Å². The summed E-state index contributed by atoms with van der Waals surface area (Å²) >= 11 is 5.85. The molecule has 0 aliphatic carbocycles. The van der Waals surface area contributed by atoms with Crippen LogP contribution in [0.1, 0.15) is 11.1 Å². The normalized spacial score (nSPS) is 11.3. The quantitative estimate of drug-likeness (QED) is 0.858. The highest BCUT2D eigenvalue weighted by Gasteiger charge is 2.12. The van der Waals surface area contributed by atoms with Gasteiger partial charge in [-0.1, -0.05) is 41.9 Å². The van der Waals surface area contributed by atoms with Crippen LogP contribution in [0.4, 0.5) is 5.69 Å². The molecule has 2 rings (SSSR count). The number of hydrogen-bond acceptors (Lipinski definition) is 3. The van der Waals surface area contributed by atoms with E-state index in [-0.39, 0.29) is 5.75 Å². The molecule has 0 radical (unpaired) electrons. The van der Waals surface area contributed by atoms with Crippen molar-refractivity contribution in [1.29, 1.82) is 0 Å². The summed E-state index contributed by atoms with van der Waals surface area (Å²) < 4.78 is 26.9. The van der Waals surface area contributed by atoms with E-state index in [0.29, 0.717) is 17.3 Å². The molecule has 6 heteroatoms. The van der Waals surface area contributed by atoms with Crippen molar-refractivity contribution in [3.8, 4) is 0 Å². The fourth-order valence-electron chi connectivity index (χ4n) is 2.02. The average molecular weight is 325 g/mol. The topological polar surface area (TPSA) is 58.2 Å². The third kappa shape index (κ3) is 5.04. The minimum absolute atomic E-state index is 0.0724. The molecular formula is C15H17ClN2O2S. The number of halogens is 1. The molecule has 2 aromatic rings. The highest BCUT2D eigenvalue weighted by Crippen LogP contribution is 2.18. The lowest BCUT2D eigenvalue weighted by atomic mass is 10.1. The van der Waals surface area contributed by atoms with Crippen LogP contribution in [0, 0.1) is 0 Å². The Morgan fingerprint density at radius 3 is 2.48 bits per heavy atom. The maximum Gasteiger partial charge on any atom is 0.236 e. The van der Waals surface area contributed by atoms with Crippen molar-refractivity contribution in [2.75, 3.05) is 11.8 Å². The molecule has 0 unspecified atom stereocenters. The van der Waals surface area contributed by atoms with E-state index >= 15 is 0 Å². The van der Waals surface area contributed by atoms with Crippen molar-refractivity contribution >= 4 is 27.3 Å². The SMILES string of the molecule is CNCc1cccc(CS(=O)(=O)Nc2cccc(Cl)c2)c1. The van der Waals surface area contributed by atoms with Crippen molar-refractivity contribution in [2.45, 2.75) is 12.3 Å². The van der Waals surface area contributed by atoms with Gasteiger partial charge >= 0.3 is 0 Å². The van der Waals surface area contributed by atoms with Crippen molar-refractivity contribution in [1.82, 2.24) is 5.32 Å². The molecule has 0 bridgehead atoms. The van der Waals surface area contributed by atoms with Crippen LogP contribution < -0.4 is 10.0 Å². The smallest absolute Gasteiger partial charge is 0.236 e. The zero-order valence-corrected chi connectivity index (χ0v) is 13.2. The highest BCUT2D eigenvalue weighted by atomic mass is 35.5. The molecule has 21 heavy (non-hydrogen) atoms. The van der Waals surface area contributed by atoms with E-state index in [1.807, 2.05) is 25.2 Å². The predicted octanol–water partition coefficient (Wildman–Crippen LogP) is 3.00. The Balaban J connectivity index is 2.12. The molecule has 0 saturated heterocycles. The van der Waals surface area contributed by atoms with Gasteiger partial charge in [0.1, 0.15) is 0 Å². The fraction of sp³-hybridized carbons (Fsp3) is 0.200. The van der Waals surface area contributed by atoms with E-state index in [1.165, 1.54) is 0 Å². The molecule has 0 aromatic heterocycles. The van der Waals surface area contributed by atoms with Gasteiger partial charge in [-0.15, -0.1) is 0 Å². The predicted molar refractivity (Wildman–Crippen MR) is 86.9 cm³/mol. The van der Waals surface area contributed by atoms with Crippen molar-refractivity contribution in [3.63, 3.8) is 0 Å². The monoisotopic (exact) mass is 324 g/mol. The molecule has 2 N–H and O–H groups in total. The van der Waals surface area contributed by atoms with Crippen molar-refractivity contribution in [2.24, 2.45) is 0 Å². The maximum absolute atomic E-state index is 12.2. The Kier molecular flexibility index (Phi) is 5.22. The summed E-state index contributed by atoms with van der Waals surface area (Å²) in [6, 6.07) is 14.1. The van der Waals surface area contributed by atoms with E-state index < -0.39 is 10.0 Å². The van der Waals surface area contributed by atoms with E-state index in [0.717, 1.165) is 11.1 Å². The van der Waals surface area contributed by atoms with Gasteiger partial charge in [-0.05, 0) is 36.4 Å². The molecule has 0 saturated carbocycles. The lowest BCUT2D eigenvalue weighted by Crippen LogP contribution is -2.15. The zero-order chi connectivity index (χ0) is 15.3. The molecule has 0 spiro atoms. The van der Waals surface area contributed by atoms with Crippen LogP contribution in [0.3, 0.4) is 0 Å². The molecule has 0 heterocycles. The summed E-state index contributed by atoms with van der Waals surface area (Å²) in [5.74, 6) is -0.0724. The second kappa shape index (κ2) is 6.93.